The number of carbonyl (C=O) groups excluding carboxylic acids is 1. The van der Waals surface area contributed by atoms with Gasteiger partial charge in [0.2, 0.25) is 0 Å². The fourth-order valence-corrected chi connectivity index (χ4v) is 2.49. The number of ether oxygens (including phenoxy) is 1. The van der Waals surface area contributed by atoms with Gasteiger partial charge in [-0.2, -0.15) is 18.3 Å². The molecule has 0 bridgehead atoms. The second-order valence-corrected chi connectivity index (χ2v) is 6.13. The Labute approximate surface area is 161 Å². The normalized spacial score (nSPS) is 11.4. The molecule has 144 valence electrons. The lowest BCUT2D eigenvalue weighted by Gasteiger charge is -2.10. The van der Waals surface area contributed by atoms with Crippen LogP contribution in [0, 0.1) is 0 Å². The Kier molecular flexibility index (Phi) is 6.67. The topological polar surface area (TPSA) is 83.0 Å². The highest BCUT2D eigenvalue weighted by molar-refractivity contribution is 9.10. The summed E-state index contributed by atoms with van der Waals surface area (Å²) in [5, 5.41) is 16.1. The third-order valence-corrected chi connectivity index (χ3v) is 3.92. The van der Waals surface area contributed by atoms with Crippen LogP contribution in [0.1, 0.15) is 11.1 Å². The summed E-state index contributed by atoms with van der Waals surface area (Å²) in [5.74, 6) is -0.388. The summed E-state index contributed by atoms with van der Waals surface area (Å²) in [4.78, 5) is 11.7. The standard InChI is InChI=1S/C17H15BrF3N3O3/c1-27-14-6-10(5-13(18)16(14)26)8-23-24-15(25)9-22-12-4-2-3-11(7-12)17(19,20)21/h2-8,22,26H,9H2,1H3,(H,24,25). The minimum absolute atomic E-state index is 0.0658. The van der Waals surface area contributed by atoms with E-state index in [1.165, 1.54) is 31.5 Å². The Balaban J connectivity index is 1.92. The molecule has 0 saturated heterocycles. The monoisotopic (exact) mass is 445 g/mol. The SMILES string of the molecule is COc1cc(C=NNC(=O)CNc2cccc(C(F)(F)F)c2)cc(Br)c1O. The molecule has 2 rings (SSSR count). The predicted octanol–water partition coefficient (Wildman–Crippen LogP) is 3.74. The molecule has 0 aliphatic heterocycles. The van der Waals surface area contributed by atoms with Crippen LogP contribution in [0.15, 0.2) is 46.0 Å². The number of hydrogen-bond donors (Lipinski definition) is 3. The van der Waals surface area contributed by atoms with E-state index < -0.39 is 17.6 Å². The smallest absolute Gasteiger partial charge is 0.416 e. The molecule has 0 heterocycles. The third-order valence-electron chi connectivity index (χ3n) is 3.32. The minimum atomic E-state index is -4.45. The summed E-state index contributed by atoms with van der Waals surface area (Å²) >= 11 is 3.16. The molecule has 10 heteroatoms. The van der Waals surface area contributed by atoms with E-state index in [2.05, 4.69) is 31.8 Å². The van der Waals surface area contributed by atoms with Crippen molar-refractivity contribution in [2.24, 2.45) is 5.10 Å². The average molecular weight is 446 g/mol. The van der Waals surface area contributed by atoms with E-state index in [0.29, 0.717) is 10.0 Å². The summed E-state index contributed by atoms with van der Waals surface area (Å²) in [7, 11) is 1.39. The molecular formula is C17H15BrF3N3O3. The first-order chi connectivity index (χ1) is 12.7. The van der Waals surface area contributed by atoms with Crippen molar-refractivity contribution in [3.05, 3.63) is 52.0 Å². The van der Waals surface area contributed by atoms with Gasteiger partial charge in [0.25, 0.3) is 5.91 Å². The molecule has 1 amide bonds. The van der Waals surface area contributed by atoms with Crippen molar-refractivity contribution < 1.29 is 27.8 Å². The van der Waals surface area contributed by atoms with Crippen LogP contribution in [0.25, 0.3) is 0 Å². The molecule has 0 unspecified atom stereocenters. The molecule has 0 aliphatic carbocycles. The van der Waals surface area contributed by atoms with Gasteiger partial charge in [-0.05, 0) is 51.8 Å². The number of nitrogens with one attached hydrogen (secondary N) is 2. The number of phenolic OH excluding ortho intramolecular Hbond substituents is 1. The van der Waals surface area contributed by atoms with Crippen molar-refractivity contribution >= 4 is 33.7 Å². The highest BCUT2D eigenvalue weighted by Gasteiger charge is 2.30. The maximum Gasteiger partial charge on any atom is 0.416 e. The first kappa shape index (κ1) is 20.6. The molecule has 0 fully saturated rings. The van der Waals surface area contributed by atoms with Gasteiger partial charge in [-0.3, -0.25) is 4.79 Å². The number of phenols is 1. The second kappa shape index (κ2) is 8.76. The number of nitrogens with zero attached hydrogens (tertiary/aromatic N) is 1. The fourth-order valence-electron chi connectivity index (χ4n) is 2.03. The Hall–Kier alpha value is -2.75. The fraction of sp³-hybridized carbons (Fsp3) is 0.176. The number of amides is 1. The maximum atomic E-state index is 12.6. The zero-order chi connectivity index (χ0) is 20.0. The van der Waals surface area contributed by atoms with E-state index in [-0.39, 0.29) is 23.7 Å². The lowest BCUT2D eigenvalue weighted by Crippen LogP contribution is -2.26. The van der Waals surface area contributed by atoms with Gasteiger partial charge in [0, 0.05) is 5.69 Å². The van der Waals surface area contributed by atoms with E-state index >= 15 is 0 Å². The summed E-state index contributed by atoms with van der Waals surface area (Å²) in [6.07, 6.45) is -3.13. The Morgan fingerprint density at radius 3 is 2.74 bits per heavy atom. The molecule has 0 saturated carbocycles. The van der Waals surface area contributed by atoms with Crippen LogP contribution in [-0.4, -0.2) is 30.9 Å². The van der Waals surface area contributed by atoms with Gasteiger partial charge in [0.15, 0.2) is 11.5 Å². The van der Waals surface area contributed by atoms with Gasteiger partial charge < -0.3 is 15.2 Å². The average Bonchev–Trinajstić information content (AvgIpc) is 2.62. The van der Waals surface area contributed by atoms with Crippen molar-refractivity contribution in [3.63, 3.8) is 0 Å². The van der Waals surface area contributed by atoms with E-state index in [1.54, 1.807) is 6.07 Å². The number of anilines is 1. The van der Waals surface area contributed by atoms with Gasteiger partial charge in [-0.1, -0.05) is 6.07 Å². The Morgan fingerprint density at radius 2 is 2.07 bits per heavy atom. The van der Waals surface area contributed by atoms with Crippen molar-refractivity contribution in [1.82, 2.24) is 5.43 Å². The van der Waals surface area contributed by atoms with E-state index in [9.17, 15) is 23.1 Å². The minimum Gasteiger partial charge on any atom is -0.503 e. The number of hydrogen-bond acceptors (Lipinski definition) is 5. The Bertz CT molecular complexity index is 857. The number of carbonyl (C=O) groups is 1. The van der Waals surface area contributed by atoms with Gasteiger partial charge in [-0.25, -0.2) is 5.43 Å². The number of aromatic hydroxyl groups is 1. The van der Waals surface area contributed by atoms with Crippen molar-refractivity contribution in [3.8, 4) is 11.5 Å². The van der Waals surface area contributed by atoms with Crippen LogP contribution in [0.5, 0.6) is 11.5 Å². The van der Waals surface area contributed by atoms with Gasteiger partial charge in [-0.15, -0.1) is 0 Å². The number of alkyl halides is 3. The summed E-state index contributed by atoms with van der Waals surface area (Å²) in [6, 6.07) is 7.60. The predicted molar refractivity (Wildman–Crippen MR) is 98.0 cm³/mol. The molecule has 0 atom stereocenters. The molecule has 0 aliphatic rings. The van der Waals surface area contributed by atoms with Crippen molar-refractivity contribution in [2.75, 3.05) is 19.0 Å². The van der Waals surface area contributed by atoms with Crippen molar-refractivity contribution in [2.45, 2.75) is 6.18 Å². The van der Waals surface area contributed by atoms with E-state index in [4.69, 9.17) is 4.74 Å². The largest absolute Gasteiger partial charge is 0.503 e. The first-order valence-electron chi connectivity index (χ1n) is 7.50. The van der Waals surface area contributed by atoms with Gasteiger partial charge >= 0.3 is 6.18 Å². The lowest BCUT2D eigenvalue weighted by molar-refractivity contribution is -0.137. The highest BCUT2D eigenvalue weighted by atomic mass is 79.9. The summed E-state index contributed by atoms with van der Waals surface area (Å²) in [5.41, 5.74) is 2.14. The molecule has 27 heavy (non-hydrogen) atoms. The molecule has 6 nitrogen and oxygen atoms in total. The molecule has 3 N–H and O–H groups in total. The number of rotatable bonds is 6. The van der Waals surface area contributed by atoms with E-state index in [0.717, 1.165) is 12.1 Å². The first-order valence-corrected chi connectivity index (χ1v) is 8.29. The van der Waals surface area contributed by atoms with Crippen LogP contribution >= 0.6 is 15.9 Å². The number of methoxy groups -OCH3 is 1. The molecule has 0 spiro atoms. The zero-order valence-corrected chi connectivity index (χ0v) is 15.6. The quantitative estimate of drug-likeness (QED) is 0.467. The molecule has 0 radical (unpaired) electrons. The van der Waals surface area contributed by atoms with Crippen molar-refractivity contribution in [1.29, 1.82) is 0 Å². The molecular weight excluding hydrogens is 431 g/mol. The number of hydrazone groups is 1. The number of halogens is 4. The van der Waals surface area contributed by atoms with Crippen LogP contribution < -0.4 is 15.5 Å². The summed E-state index contributed by atoms with van der Waals surface area (Å²) < 4.78 is 43.3. The third kappa shape index (κ3) is 5.88. The van der Waals surface area contributed by atoms with Gasteiger partial charge in [0.1, 0.15) is 0 Å². The van der Waals surface area contributed by atoms with Crippen LogP contribution in [0.2, 0.25) is 0 Å². The lowest BCUT2D eigenvalue weighted by atomic mass is 10.2. The molecule has 2 aromatic rings. The van der Waals surface area contributed by atoms with E-state index in [1.807, 2.05) is 0 Å². The molecule has 2 aromatic carbocycles. The van der Waals surface area contributed by atoms with Crippen LogP contribution in [0.3, 0.4) is 0 Å². The maximum absolute atomic E-state index is 12.6. The zero-order valence-electron chi connectivity index (χ0n) is 14.0. The second-order valence-electron chi connectivity index (χ2n) is 5.28. The highest BCUT2D eigenvalue weighted by Crippen LogP contribution is 2.34. The Morgan fingerprint density at radius 1 is 1.33 bits per heavy atom. The van der Waals surface area contributed by atoms with Gasteiger partial charge in [0.05, 0.1) is 29.9 Å². The van der Waals surface area contributed by atoms with Crippen LogP contribution in [-0.2, 0) is 11.0 Å². The number of benzene rings is 2. The van der Waals surface area contributed by atoms with Crippen LogP contribution in [0.4, 0.5) is 18.9 Å². The molecule has 0 aromatic heterocycles. The summed E-state index contributed by atoms with van der Waals surface area (Å²) in [6.45, 7) is -0.263.